The summed E-state index contributed by atoms with van der Waals surface area (Å²) < 4.78 is 2.35. The summed E-state index contributed by atoms with van der Waals surface area (Å²) in [5, 5.41) is 2.29. The van der Waals surface area contributed by atoms with E-state index in [1.165, 1.54) is 33.4 Å². The lowest BCUT2D eigenvalue weighted by atomic mass is 9.78. The third kappa shape index (κ3) is 2.58. The quantitative estimate of drug-likeness (QED) is 0.429. The van der Waals surface area contributed by atoms with Gasteiger partial charge in [0.2, 0.25) is 0 Å². The van der Waals surface area contributed by atoms with Crippen LogP contribution in [0.5, 0.6) is 0 Å². The summed E-state index contributed by atoms with van der Waals surface area (Å²) >= 11 is 0. The molecule has 0 N–H and O–H groups in total. The van der Waals surface area contributed by atoms with E-state index < -0.39 is 0 Å². The molecule has 1 aromatic carbocycles. The van der Waals surface area contributed by atoms with E-state index in [4.69, 9.17) is 0 Å². The second kappa shape index (κ2) is 6.45. The lowest BCUT2D eigenvalue weighted by Crippen LogP contribution is -2.15. The molecule has 1 aliphatic rings. The number of aromatic nitrogens is 3. The molecular formula is C25H23N3. The first-order valence-electron chi connectivity index (χ1n) is 9.78. The molecule has 0 amide bonds. The maximum Gasteiger partial charge on any atom is 0.0572 e. The van der Waals surface area contributed by atoms with Crippen LogP contribution in [-0.2, 0) is 0 Å². The molecule has 1 aliphatic carbocycles. The van der Waals surface area contributed by atoms with Gasteiger partial charge in [0.25, 0.3) is 0 Å². The Morgan fingerprint density at radius 1 is 0.893 bits per heavy atom. The van der Waals surface area contributed by atoms with Crippen molar-refractivity contribution in [3.63, 3.8) is 0 Å². The molecule has 4 aromatic rings. The van der Waals surface area contributed by atoms with Gasteiger partial charge in [-0.25, -0.2) is 0 Å². The number of hydrogen-bond acceptors (Lipinski definition) is 2. The molecule has 0 radical (unpaired) electrons. The SMILES string of the molecule is CC1=CC(n2c3ccncc3c3cnccc32)=CC(C)C1c1cccc(C)c1. The molecule has 5 rings (SSSR count). The van der Waals surface area contributed by atoms with Gasteiger partial charge in [0.1, 0.15) is 0 Å². The van der Waals surface area contributed by atoms with E-state index in [1.54, 1.807) is 0 Å². The van der Waals surface area contributed by atoms with Gasteiger partial charge < -0.3 is 4.57 Å². The molecule has 0 bridgehead atoms. The van der Waals surface area contributed by atoms with Crippen molar-refractivity contribution in [3.8, 4) is 0 Å². The van der Waals surface area contributed by atoms with Gasteiger partial charge in [-0.2, -0.15) is 0 Å². The summed E-state index contributed by atoms with van der Waals surface area (Å²) in [7, 11) is 0. The van der Waals surface area contributed by atoms with Crippen molar-refractivity contribution in [2.45, 2.75) is 26.7 Å². The molecule has 2 unspecified atom stereocenters. The van der Waals surface area contributed by atoms with Crippen LogP contribution in [0.1, 0.15) is 30.9 Å². The monoisotopic (exact) mass is 365 g/mol. The van der Waals surface area contributed by atoms with Crippen molar-refractivity contribution < 1.29 is 0 Å². The Morgan fingerprint density at radius 3 is 2.18 bits per heavy atom. The van der Waals surface area contributed by atoms with E-state index >= 15 is 0 Å². The normalized spacial score (nSPS) is 19.7. The molecule has 3 heterocycles. The van der Waals surface area contributed by atoms with Crippen LogP contribution in [0.15, 0.2) is 78.9 Å². The van der Waals surface area contributed by atoms with E-state index in [9.17, 15) is 0 Å². The van der Waals surface area contributed by atoms with Crippen molar-refractivity contribution in [1.82, 2.24) is 14.5 Å². The number of benzene rings is 1. The highest BCUT2D eigenvalue weighted by Gasteiger charge is 2.25. The maximum absolute atomic E-state index is 4.34. The van der Waals surface area contributed by atoms with Crippen LogP contribution in [0, 0.1) is 12.8 Å². The van der Waals surface area contributed by atoms with Gasteiger partial charge in [-0.15, -0.1) is 0 Å². The molecule has 3 aromatic heterocycles. The first-order valence-corrected chi connectivity index (χ1v) is 9.78. The minimum Gasteiger partial charge on any atom is -0.309 e. The van der Waals surface area contributed by atoms with Gasteiger partial charge in [0.15, 0.2) is 0 Å². The predicted molar refractivity (Wildman–Crippen MR) is 116 cm³/mol. The number of allylic oxidation sites excluding steroid dienone is 4. The molecule has 0 spiro atoms. The Labute approximate surface area is 165 Å². The Hall–Kier alpha value is -3.20. The molecule has 0 aliphatic heterocycles. The Bertz CT molecular complexity index is 1210. The molecule has 0 fully saturated rings. The number of hydrogen-bond donors (Lipinski definition) is 0. The smallest absolute Gasteiger partial charge is 0.0572 e. The van der Waals surface area contributed by atoms with Crippen molar-refractivity contribution in [2.24, 2.45) is 5.92 Å². The van der Waals surface area contributed by atoms with E-state index in [-0.39, 0.29) is 0 Å². The Kier molecular flexibility index (Phi) is 3.90. The van der Waals surface area contributed by atoms with E-state index in [0.717, 1.165) is 10.8 Å². The van der Waals surface area contributed by atoms with Gasteiger partial charge in [-0.3, -0.25) is 9.97 Å². The lowest BCUT2D eigenvalue weighted by molar-refractivity contribution is 0.605. The van der Waals surface area contributed by atoms with Crippen LogP contribution in [0.2, 0.25) is 0 Å². The Balaban J connectivity index is 1.68. The van der Waals surface area contributed by atoms with Crippen LogP contribution in [0.4, 0.5) is 0 Å². The van der Waals surface area contributed by atoms with Crippen LogP contribution < -0.4 is 0 Å². The summed E-state index contributed by atoms with van der Waals surface area (Å²) in [5.41, 5.74) is 7.69. The first kappa shape index (κ1) is 16.9. The standard InChI is InChI=1S/C25H23N3/c1-16-5-4-6-19(11-16)25-17(2)12-20(13-18(25)3)28-23-7-9-26-14-21(23)22-15-27-10-8-24(22)28/h4-15,17,25H,1-3H3. The van der Waals surface area contributed by atoms with Crippen LogP contribution in [0.25, 0.3) is 27.5 Å². The molecule has 2 atom stereocenters. The first-order chi connectivity index (χ1) is 13.6. The van der Waals surface area contributed by atoms with Gasteiger partial charge in [0, 0.05) is 47.2 Å². The fourth-order valence-corrected chi connectivity index (χ4v) is 4.71. The van der Waals surface area contributed by atoms with Crippen molar-refractivity contribution in [3.05, 3.63) is 90.0 Å². The summed E-state index contributed by atoms with van der Waals surface area (Å²) in [6, 6.07) is 13.1. The summed E-state index contributed by atoms with van der Waals surface area (Å²) in [5.74, 6) is 0.832. The third-order valence-electron chi connectivity index (χ3n) is 5.85. The van der Waals surface area contributed by atoms with Crippen LogP contribution in [0.3, 0.4) is 0 Å². The van der Waals surface area contributed by atoms with Crippen LogP contribution in [-0.4, -0.2) is 14.5 Å². The predicted octanol–water partition coefficient (Wildman–Crippen LogP) is 6.11. The number of fused-ring (bicyclic) bond motifs is 3. The van der Waals surface area contributed by atoms with E-state index in [1.807, 2.05) is 24.8 Å². The largest absolute Gasteiger partial charge is 0.309 e. The topological polar surface area (TPSA) is 30.7 Å². The number of aryl methyl sites for hydroxylation is 1. The second-order valence-electron chi connectivity index (χ2n) is 7.85. The minimum absolute atomic E-state index is 0.415. The zero-order valence-electron chi connectivity index (χ0n) is 16.4. The highest BCUT2D eigenvalue weighted by atomic mass is 15.0. The molecule has 138 valence electrons. The molecular weight excluding hydrogens is 342 g/mol. The average Bonchev–Trinajstić information content (AvgIpc) is 3.02. The lowest BCUT2D eigenvalue weighted by Gasteiger charge is -2.29. The number of pyridine rings is 2. The van der Waals surface area contributed by atoms with Crippen molar-refractivity contribution in [1.29, 1.82) is 0 Å². The second-order valence-corrected chi connectivity index (χ2v) is 7.85. The maximum atomic E-state index is 4.34. The molecule has 28 heavy (non-hydrogen) atoms. The van der Waals surface area contributed by atoms with Gasteiger partial charge in [0.05, 0.1) is 11.0 Å². The highest BCUT2D eigenvalue weighted by Crippen LogP contribution is 2.40. The van der Waals surface area contributed by atoms with Gasteiger partial charge in [-0.05, 0) is 43.5 Å². The van der Waals surface area contributed by atoms with Crippen molar-refractivity contribution in [2.75, 3.05) is 0 Å². The average molecular weight is 365 g/mol. The number of rotatable bonds is 2. The molecule has 3 heteroatoms. The summed E-state index contributed by atoms with van der Waals surface area (Å²) in [4.78, 5) is 8.67. The zero-order valence-corrected chi connectivity index (χ0v) is 16.4. The molecule has 0 saturated heterocycles. The van der Waals surface area contributed by atoms with E-state index in [0.29, 0.717) is 11.8 Å². The Morgan fingerprint density at radius 2 is 1.57 bits per heavy atom. The van der Waals surface area contributed by atoms with Crippen molar-refractivity contribution >= 4 is 27.5 Å². The number of nitrogens with zero attached hydrogens (tertiary/aromatic N) is 3. The fraction of sp³-hybridized carbons (Fsp3) is 0.200. The summed E-state index contributed by atoms with van der Waals surface area (Å²) in [6.07, 6.45) is 12.4. The van der Waals surface area contributed by atoms with Crippen LogP contribution >= 0.6 is 0 Å². The highest BCUT2D eigenvalue weighted by molar-refractivity contribution is 6.09. The van der Waals surface area contributed by atoms with E-state index in [2.05, 4.69) is 83.9 Å². The van der Waals surface area contributed by atoms with Gasteiger partial charge >= 0.3 is 0 Å². The third-order valence-corrected chi connectivity index (χ3v) is 5.85. The fourth-order valence-electron chi connectivity index (χ4n) is 4.71. The summed E-state index contributed by atoms with van der Waals surface area (Å²) in [6.45, 7) is 6.74. The van der Waals surface area contributed by atoms with Gasteiger partial charge in [-0.1, -0.05) is 48.4 Å². The zero-order chi connectivity index (χ0) is 19.3. The molecule has 0 saturated carbocycles. The minimum atomic E-state index is 0.415. The molecule has 3 nitrogen and oxygen atoms in total.